The molecule has 8 N–H and O–H groups in total. The van der Waals surface area contributed by atoms with Crippen molar-refractivity contribution in [1.82, 2.24) is 0 Å². The van der Waals surface area contributed by atoms with Gasteiger partial charge in [0.15, 0.2) is 0 Å². The van der Waals surface area contributed by atoms with Crippen LogP contribution < -0.4 is 0 Å². The fraction of sp³-hybridized carbons (Fsp3) is 0.135. The Morgan fingerprint density at radius 2 is 0.444 bits per heavy atom. The van der Waals surface area contributed by atoms with Crippen LogP contribution in [0.5, 0.6) is 46.0 Å². The molecule has 6 aromatic rings. The van der Waals surface area contributed by atoms with Gasteiger partial charge in [-0.1, -0.05) is 58.4 Å². The van der Waals surface area contributed by atoms with Crippen LogP contribution in [0.15, 0.2) is 121 Å². The van der Waals surface area contributed by atoms with Crippen molar-refractivity contribution in [3.05, 3.63) is 121 Å². The van der Waals surface area contributed by atoms with Crippen LogP contribution in [-0.2, 0) is 0 Å². The van der Waals surface area contributed by atoms with E-state index in [1.54, 1.807) is 48.5 Å². The second-order valence-corrected chi connectivity index (χ2v) is 9.17. The second-order valence-electron chi connectivity index (χ2n) is 9.17. The van der Waals surface area contributed by atoms with Crippen LogP contribution in [0.3, 0.4) is 0 Å². The van der Waals surface area contributed by atoms with E-state index in [1.165, 1.54) is 55.0 Å². The van der Waals surface area contributed by atoms with E-state index in [0.29, 0.717) is 0 Å². The summed E-state index contributed by atoms with van der Waals surface area (Å²) in [7, 11) is 0. The Kier molecular flexibility index (Phi) is 16.7. The first kappa shape index (κ1) is 37.3. The highest BCUT2D eigenvalue weighted by molar-refractivity contribution is 5.85. The molecule has 0 aliphatic rings. The van der Waals surface area contributed by atoms with Crippen LogP contribution in [0.1, 0.15) is 34.1 Å². The van der Waals surface area contributed by atoms with Gasteiger partial charge in [-0.25, -0.2) is 0 Å². The lowest BCUT2D eigenvalue weighted by atomic mass is 10.1. The lowest BCUT2D eigenvalue weighted by Gasteiger charge is -1.98. The average molecular weight is 615 g/mol. The third-order valence-corrected chi connectivity index (χ3v) is 5.31. The standard InChI is InChI=1S/2C10H8O2.2C6H6O2.C3H8.C2H6/c2*11-9-3-1-7-2-4-10(12)6-8(7)5-9;2*7-5-1-2-6(8)4-3-5;1-3-2;1-2/h2*1-6,11-12H;2*1-4,7-8H;3H2,1-2H3;1-2H3. The van der Waals surface area contributed by atoms with Gasteiger partial charge in [-0.2, -0.15) is 0 Å². The summed E-state index contributed by atoms with van der Waals surface area (Å²) in [6.07, 6.45) is 1.25. The molecule has 0 aliphatic heterocycles. The van der Waals surface area contributed by atoms with Gasteiger partial charge >= 0.3 is 0 Å². The molecule has 8 nitrogen and oxygen atoms in total. The average Bonchev–Trinajstić information content (AvgIpc) is 3.02. The minimum atomic E-state index is 0.169. The van der Waals surface area contributed by atoms with Gasteiger partial charge in [0.1, 0.15) is 46.0 Å². The van der Waals surface area contributed by atoms with Crippen LogP contribution in [0.25, 0.3) is 21.5 Å². The van der Waals surface area contributed by atoms with Crippen molar-refractivity contribution in [3.63, 3.8) is 0 Å². The maximum atomic E-state index is 9.14. The summed E-state index contributed by atoms with van der Waals surface area (Å²) in [5, 5.41) is 74.8. The molecule has 0 aromatic heterocycles. The van der Waals surface area contributed by atoms with Gasteiger partial charge in [0, 0.05) is 0 Å². The Morgan fingerprint density at radius 1 is 0.289 bits per heavy atom. The molecule has 0 aliphatic carbocycles. The molecule has 0 spiro atoms. The maximum absolute atomic E-state index is 9.14. The SMILES string of the molecule is CC.CCC.Oc1ccc(O)cc1.Oc1ccc(O)cc1.Oc1ccc2ccc(O)cc2c1.Oc1ccc2ccc(O)cc2c1. The number of hydrogen-bond donors (Lipinski definition) is 8. The lowest BCUT2D eigenvalue weighted by molar-refractivity contribution is 0.460. The molecule has 0 unspecified atom stereocenters. The molecule has 0 bridgehead atoms. The molecule has 0 fully saturated rings. The molecule has 238 valence electrons. The molecule has 0 amide bonds. The van der Waals surface area contributed by atoms with Crippen molar-refractivity contribution in [3.8, 4) is 46.0 Å². The van der Waals surface area contributed by atoms with E-state index in [0.717, 1.165) is 21.5 Å². The van der Waals surface area contributed by atoms with Crippen molar-refractivity contribution >= 4 is 21.5 Å². The monoisotopic (exact) mass is 614 g/mol. The van der Waals surface area contributed by atoms with Crippen molar-refractivity contribution in [2.45, 2.75) is 34.1 Å². The Morgan fingerprint density at radius 3 is 0.622 bits per heavy atom. The fourth-order valence-corrected chi connectivity index (χ4v) is 3.35. The van der Waals surface area contributed by atoms with Gasteiger partial charge in [-0.05, 0) is 119 Å². The van der Waals surface area contributed by atoms with Crippen molar-refractivity contribution in [1.29, 1.82) is 0 Å². The number of fused-ring (bicyclic) bond motifs is 2. The predicted octanol–water partition coefficient (Wildman–Crippen LogP) is 9.14. The highest BCUT2D eigenvalue weighted by Crippen LogP contribution is 2.24. The Hall–Kier alpha value is -5.76. The quantitative estimate of drug-likeness (QED) is 0.0786. The summed E-state index contributed by atoms with van der Waals surface area (Å²) in [4.78, 5) is 0. The predicted molar refractivity (Wildman–Crippen MR) is 181 cm³/mol. The Balaban J connectivity index is 0.000000291. The number of aromatic hydroxyl groups is 8. The van der Waals surface area contributed by atoms with E-state index in [2.05, 4.69) is 13.8 Å². The molecule has 6 aromatic carbocycles. The molecule has 45 heavy (non-hydrogen) atoms. The van der Waals surface area contributed by atoms with Crippen LogP contribution in [0.4, 0.5) is 0 Å². The number of rotatable bonds is 0. The molecule has 0 radical (unpaired) electrons. The van der Waals surface area contributed by atoms with Gasteiger partial charge < -0.3 is 40.9 Å². The van der Waals surface area contributed by atoms with Crippen LogP contribution >= 0.6 is 0 Å². The molecule has 0 atom stereocenters. The molecule has 0 heterocycles. The maximum Gasteiger partial charge on any atom is 0.116 e. The lowest BCUT2D eigenvalue weighted by Crippen LogP contribution is -1.71. The topological polar surface area (TPSA) is 162 Å². The molecular weight excluding hydrogens is 572 g/mol. The van der Waals surface area contributed by atoms with E-state index in [-0.39, 0.29) is 46.0 Å². The minimum Gasteiger partial charge on any atom is -0.508 e. The van der Waals surface area contributed by atoms with Crippen molar-refractivity contribution < 1.29 is 40.9 Å². The first-order valence-corrected chi connectivity index (χ1v) is 14.3. The zero-order valence-electron chi connectivity index (χ0n) is 25.8. The zero-order chi connectivity index (χ0) is 33.8. The molecule has 6 rings (SSSR count). The first-order valence-electron chi connectivity index (χ1n) is 14.3. The highest BCUT2D eigenvalue weighted by Gasteiger charge is 1.96. The minimum absolute atomic E-state index is 0.169. The molecular formula is C37H42O8. The van der Waals surface area contributed by atoms with E-state index in [4.69, 9.17) is 40.9 Å². The fourth-order valence-electron chi connectivity index (χ4n) is 3.35. The largest absolute Gasteiger partial charge is 0.508 e. The molecule has 8 heteroatoms. The summed E-state index contributed by atoms with van der Waals surface area (Å²) in [5.41, 5.74) is 0. The smallest absolute Gasteiger partial charge is 0.116 e. The summed E-state index contributed by atoms with van der Waals surface area (Å²) < 4.78 is 0. The summed E-state index contributed by atoms with van der Waals surface area (Å²) in [6, 6.07) is 31.6. The van der Waals surface area contributed by atoms with Gasteiger partial charge in [0.25, 0.3) is 0 Å². The van der Waals surface area contributed by atoms with E-state index < -0.39 is 0 Å². The van der Waals surface area contributed by atoms with Gasteiger partial charge in [-0.15, -0.1) is 0 Å². The van der Waals surface area contributed by atoms with Gasteiger partial charge in [0.2, 0.25) is 0 Å². The van der Waals surface area contributed by atoms with Crippen molar-refractivity contribution in [2.24, 2.45) is 0 Å². The van der Waals surface area contributed by atoms with Crippen LogP contribution in [0.2, 0.25) is 0 Å². The third-order valence-electron chi connectivity index (χ3n) is 5.31. The Bertz CT molecular complexity index is 1440. The van der Waals surface area contributed by atoms with Crippen LogP contribution in [0, 0.1) is 0 Å². The van der Waals surface area contributed by atoms with Crippen molar-refractivity contribution in [2.75, 3.05) is 0 Å². The summed E-state index contributed by atoms with van der Waals surface area (Å²) >= 11 is 0. The van der Waals surface area contributed by atoms with Gasteiger partial charge in [0.05, 0.1) is 0 Å². The number of phenols is 8. The summed E-state index contributed by atoms with van der Waals surface area (Å²) in [5.74, 6) is 1.54. The Labute approximate surface area is 263 Å². The van der Waals surface area contributed by atoms with Crippen LogP contribution in [-0.4, -0.2) is 40.9 Å². The van der Waals surface area contributed by atoms with E-state index in [1.807, 2.05) is 38.1 Å². The first-order chi connectivity index (χ1) is 21.5. The van der Waals surface area contributed by atoms with Gasteiger partial charge in [-0.3, -0.25) is 0 Å². The molecule has 0 saturated carbocycles. The number of benzene rings is 6. The second kappa shape index (κ2) is 20.2. The summed E-state index contributed by atoms with van der Waals surface area (Å²) in [6.45, 7) is 8.25. The molecule has 0 saturated heterocycles. The normalized spacial score (nSPS) is 9.24. The number of hydrogen-bond acceptors (Lipinski definition) is 8. The van der Waals surface area contributed by atoms with E-state index in [9.17, 15) is 0 Å². The van der Waals surface area contributed by atoms with E-state index >= 15 is 0 Å². The highest BCUT2D eigenvalue weighted by atomic mass is 16.3. The number of phenolic OH excluding ortho intramolecular Hbond substituents is 8. The zero-order valence-corrected chi connectivity index (χ0v) is 25.8. The third kappa shape index (κ3) is 14.8.